The van der Waals surface area contributed by atoms with Crippen molar-refractivity contribution in [2.45, 2.75) is 5.06 Å². The summed E-state index contributed by atoms with van der Waals surface area (Å²) in [7, 11) is 0. The Bertz CT molecular complexity index is 178. The average molecular weight is 148 g/mol. The quantitative estimate of drug-likeness (QED) is 0.190. The molecule has 3 amide bonds. The predicted octanol–water partition coefficient (Wildman–Crippen LogP) is -1.60. The molecule has 0 bridgehead atoms. The Hall–Kier alpha value is -0.750. The van der Waals surface area contributed by atoms with E-state index in [2.05, 4.69) is 12.6 Å². The number of carbonyl (C=O) groups is 2. The largest absolute Gasteiger partial charge is 0.355 e. The second kappa shape index (κ2) is 1.61. The predicted molar refractivity (Wildman–Crippen MR) is 30.6 cm³/mol. The standard InChI is InChI=1S/C3H4N2O3S/c6-1-3(8,9)5-2(7)4-1/h8-9H,(H2,4,5,6,7). The van der Waals surface area contributed by atoms with Crippen LogP contribution in [0.5, 0.6) is 0 Å². The first-order valence-electron chi connectivity index (χ1n) is 2.11. The van der Waals surface area contributed by atoms with Gasteiger partial charge >= 0.3 is 6.03 Å². The van der Waals surface area contributed by atoms with Crippen LogP contribution in [0.2, 0.25) is 0 Å². The molecule has 1 atom stereocenters. The number of aliphatic hydroxyl groups is 1. The van der Waals surface area contributed by atoms with E-state index in [-0.39, 0.29) is 0 Å². The highest BCUT2D eigenvalue weighted by atomic mass is 32.1. The van der Waals surface area contributed by atoms with Gasteiger partial charge in [-0.1, -0.05) is 0 Å². The van der Waals surface area contributed by atoms with Crippen molar-refractivity contribution in [1.82, 2.24) is 10.6 Å². The number of imide groups is 1. The number of nitrogens with one attached hydrogen (secondary N) is 2. The smallest absolute Gasteiger partial charge is 0.324 e. The lowest BCUT2D eigenvalue weighted by molar-refractivity contribution is -0.128. The first-order chi connectivity index (χ1) is 4.02. The van der Waals surface area contributed by atoms with Crippen LogP contribution < -0.4 is 10.6 Å². The van der Waals surface area contributed by atoms with Crippen LogP contribution in [0.15, 0.2) is 0 Å². The fraction of sp³-hybridized carbons (Fsp3) is 0.333. The molecule has 1 fully saturated rings. The van der Waals surface area contributed by atoms with Crippen molar-refractivity contribution in [3.63, 3.8) is 0 Å². The van der Waals surface area contributed by atoms with E-state index in [0.29, 0.717) is 0 Å². The summed E-state index contributed by atoms with van der Waals surface area (Å²) in [5, 5.41) is 10.4. The Labute approximate surface area is 55.8 Å². The maximum atomic E-state index is 10.4. The molecule has 0 aliphatic carbocycles. The number of urea groups is 1. The van der Waals surface area contributed by atoms with E-state index < -0.39 is 17.0 Å². The minimum Gasteiger partial charge on any atom is -0.355 e. The van der Waals surface area contributed by atoms with Crippen molar-refractivity contribution >= 4 is 24.6 Å². The lowest BCUT2D eigenvalue weighted by atomic mass is 10.6. The molecule has 50 valence electrons. The Morgan fingerprint density at radius 2 is 2.11 bits per heavy atom. The van der Waals surface area contributed by atoms with Crippen molar-refractivity contribution in [3.05, 3.63) is 0 Å². The van der Waals surface area contributed by atoms with Gasteiger partial charge in [0, 0.05) is 0 Å². The molecule has 1 rings (SSSR count). The van der Waals surface area contributed by atoms with Crippen molar-refractivity contribution in [2.75, 3.05) is 0 Å². The SMILES string of the molecule is O=C1NC(=O)C(O)(S)N1. The molecular weight excluding hydrogens is 144 g/mol. The molecule has 1 unspecified atom stereocenters. The molecule has 0 aromatic heterocycles. The van der Waals surface area contributed by atoms with Gasteiger partial charge in [-0.15, -0.1) is 12.6 Å². The molecule has 1 aliphatic heterocycles. The Balaban J connectivity index is 2.81. The summed E-state index contributed by atoms with van der Waals surface area (Å²) in [6.45, 7) is 0. The zero-order valence-electron chi connectivity index (χ0n) is 4.21. The minimum atomic E-state index is -2.03. The van der Waals surface area contributed by atoms with Gasteiger partial charge in [-0.25, -0.2) is 4.79 Å². The molecule has 0 saturated carbocycles. The second-order valence-electron chi connectivity index (χ2n) is 1.58. The zero-order valence-corrected chi connectivity index (χ0v) is 5.11. The highest BCUT2D eigenvalue weighted by Gasteiger charge is 2.41. The summed E-state index contributed by atoms with van der Waals surface area (Å²) in [4.78, 5) is 20.6. The molecule has 0 aromatic rings. The van der Waals surface area contributed by atoms with Crippen LogP contribution in [0.1, 0.15) is 0 Å². The lowest BCUT2D eigenvalue weighted by Crippen LogP contribution is -2.40. The van der Waals surface area contributed by atoms with E-state index in [0.717, 1.165) is 0 Å². The third-order valence-corrected chi connectivity index (χ3v) is 1.15. The topological polar surface area (TPSA) is 78.4 Å². The van der Waals surface area contributed by atoms with Crippen LogP contribution in [0.4, 0.5) is 4.79 Å². The van der Waals surface area contributed by atoms with Crippen molar-refractivity contribution in [2.24, 2.45) is 0 Å². The van der Waals surface area contributed by atoms with E-state index in [1.807, 2.05) is 5.32 Å². The summed E-state index contributed by atoms with van der Waals surface area (Å²) < 4.78 is 0. The zero-order chi connectivity index (χ0) is 7.07. The molecule has 5 nitrogen and oxygen atoms in total. The summed E-state index contributed by atoms with van der Waals surface area (Å²) in [6, 6.07) is -0.738. The maximum absolute atomic E-state index is 10.4. The summed E-state index contributed by atoms with van der Waals surface area (Å²) in [6.07, 6.45) is 0. The summed E-state index contributed by atoms with van der Waals surface area (Å²) in [5.41, 5.74) is 0. The van der Waals surface area contributed by atoms with Gasteiger partial charge < -0.3 is 5.11 Å². The maximum Gasteiger partial charge on any atom is 0.324 e. The number of amides is 3. The van der Waals surface area contributed by atoms with Gasteiger partial charge in [0.15, 0.2) is 0 Å². The molecule has 6 heteroatoms. The third-order valence-electron chi connectivity index (χ3n) is 0.832. The number of thiol groups is 1. The Kier molecular flexibility index (Phi) is 1.14. The lowest BCUT2D eigenvalue weighted by Gasteiger charge is -2.08. The number of carbonyl (C=O) groups excluding carboxylic acids is 2. The molecule has 1 heterocycles. The summed E-state index contributed by atoms with van der Waals surface area (Å²) in [5.74, 6) is -0.851. The molecule has 0 aromatic carbocycles. The second-order valence-corrected chi connectivity index (χ2v) is 2.23. The highest BCUT2D eigenvalue weighted by Crippen LogP contribution is 2.09. The molecule has 1 aliphatic rings. The van der Waals surface area contributed by atoms with Crippen LogP contribution in [0, 0.1) is 0 Å². The van der Waals surface area contributed by atoms with E-state index in [1.54, 1.807) is 5.32 Å². The Morgan fingerprint density at radius 3 is 2.22 bits per heavy atom. The van der Waals surface area contributed by atoms with Gasteiger partial charge in [-0.3, -0.25) is 15.4 Å². The molecule has 0 radical (unpaired) electrons. The third kappa shape index (κ3) is 0.984. The van der Waals surface area contributed by atoms with Crippen LogP contribution in [0.3, 0.4) is 0 Å². The molecule has 3 N–H and O–H groups in total. The summed E-state index contributed by atoms with van der Waals surface area (Å²) >= 11 is 3.41. The Morgan fingerprint density at radius 1 is 1.56 bits per heavy atom. The number of hydrogen-bond donors (Lipinski definition) is 4. The van der Waals surface area contributed by atoms with Crippen LogP contribution in [-0.2, 0) is 4.79 Å². The average Bonchev–Trinajstić information content (AvgIpc) is 1.79. The van der Waals surface area contributed by atoms with Crippen LogP contribution >= 0.6 is 12.6 Å². The first-order valence-corrected chi connectivity index (χ1v) is 2.55. The number of hydrogen-bond acceptors (Lipinski definition) is 4. The molecule has 9 heavy (non-hydrogen) atoms. The number of rotatable bonds is 0. The van der Waals surface area contributed by atoms with Crippen molar-refractivity contribution in [1.29, 1.82) is 0 Å². The van der Waals surface area contributed by atoms with Gasteiger partial charge in [0.05, 0.1) is 0 Å². The fourth-order valence-corrected chi connectivity index (χ4v) is 0.594. The van der Waals surface area contributed by atoms with Gasteiger partial charge in [0.1, 0.15) is 0 Å². The normalized spacial score (nSPS) is 34.0. The fourth-order valence-electron chi connectivity index (χ4n) is 0.437. The van der Waals surface area contributed by atoms with E-state index in [9.17, 15) is 9.59 Å². The molecule has 0 spiro atoms. The van der Waals surface area contributed by atoms with E-state index in [1.165, 1.54) is 0 Å². The van der Waals surface area contributed by atoms with Crippen LogP contribution in [0.25, 0.3) is 0 Å². The highest BCUT2D eigenvalue weighted by molar-refractivity contribution is 7.82. The van der Waals surface area contributed by atoms with Crippen molar-refractivity contribution < 1.29 is 14.7 Å². The van der Waals surface area contributed by atoms with Crippen molar-refractivity contribution in [3.8, 4) is 0 Å². The van der Waals surface area contributed by atoms with Gasteiger partial charge in [-0.2, -0.15) is 0 Å². The monoisotopic (exact) mass is 148 g/mol. The van der Waals surface area contributed by atoms with Crippen LogP contribution in [-0.4, -0.2) is 22.1 Å². The van der Waals surface area contributed by atoms with E-state index >= 15 is 0 Å². The van der Waals surface area contributed by atoms with Gasteiger partial charge in [-0.05, 0) is 0 Å². The molecule has 1 saturated heterocycles. The van der Waals surface area contributed by atoms with E-state index in [4.69, 9.17) is 5.11 Å². The van der Waals surface area contributed by atoms with Gasteiger partial charge in [0.2, 0.25) is 0 Å². The molecular formula is C3H4N2O3S. The van der Waals surface area contributed by atoms with Gasteiger partial charge in [0.25, 0.3) is 11.0 Å². The first kappa shape index (κ1) is 6.37. The minimum absolute atomic E-state index is 0.738.